The molecule has 0 bridgehead atoms. The van der Waals surface area contributed by atoms with Crippen LogP contribution in [0.1, 0.15) is 18.1 Å². The molecule has 30 heavy (non-hydrogen) atoms. The number of nitrogens with zero attached hydrogens (tertiary/aromatic N) is 1. The van der Waals surface area contributed by atoms with Gasteiger partial charge in [-0.1, -0.05) is 22.0 Å². The minimum absolute atomic E-state index is 0.389. The van der Waals surface area contributed by atoms with Crippen molar-refractivity contribution in [3.8, 4) is 11.5 Å². The summed E-state index contributed by atoms with van der Waals surface area (Å²) in [5.41, 5.74) is 0.786. The molecule has 2 aromatic carbocycles. The Balaban J connectivity index is 1.50. The van der Waals surface area contributed by atoms with Gasteiger partial charge in [0.1, 0.15) is 25.3 Å². The van der Waals surface area contributed by atoms with Gasteiger partial charge >= 0.3 is 6.03 Å². The molecule has 4 amide bonds. The van der Waals surface area contributed by atoms with E-state index in [1.54, 1.807) is 37.3 Å². The number of hydrogen-bond donors (Lipinski definition) is 2. The average Bonchev–Trinajstić information content (AvgIpc) is 2.94. The smallest absolute Gasteiger partial charge is 0.325 e. The number of aryl methyl sites for hydroxylation is 1. The second kappa shape index (κ2) is 7.64. The number of amides is 4. The number of hydrogen-bond acceptors (Lipinski definition) is 5. The second-order valence-electron chi connectivity index (χ2n) is 7.32. The Morgan fingerprint density at radius 3 is 2.63 bits per heavy atom. The SMILES string of the molecule is Cc1cc(NC(=O)CN2C(=O)N[C@@](C)(c3ccc4c(c3)OCCO4)C2=O)ccc1Br. The van der Waals surface area contributed by atoms with E-state index in [1.165, 1.54) is 0 Å². The lowest BCUT2D eigenvalue weighted by Gasteiger charge is -2.25. The number of nitrogens with one attached hydrogen (secondary N) is 2. The zero-order valence-corrected chi connectivity index (χ0v) is 18.0. The van der Waals surface area contributed by atoms with Gasteiger partial charge in [0.2, 0.25) is 5.91 Å². The van der Waals surface area contributed by atoms with Gasteiger partial charge in [-0.2, -0.15) is 0 Å². The van der Waals surface area contributed by atoms with E-state index in [0.717, 1.165) is 14.9 Å². The van der Waals surface area contributed by atoms with Crippen molar-refractivity contribution in [1.29, 1.82) is 0 Å². The predicted octanol–water partition coefficient (Wildman–Crippen LogP) is 2.93. The van der Waals surface area contributed by atoms with Crippen LogP contribution in [0.4, 0.5) is 10.5 Å². The maximum atomic E-state index is 13.1. The normalized spacial score (nSPS) is 20.2. The number of benzene rings is 2. The highest BCUT2D eigenvalue weighted by atomic mass is 79.9. The zero-order chi connectivity index (χ0) is 21.5. The van der Waals surface area contributed by atoms with Gasteiger partial charge in [-0.25, -0.2) is 4.79 Å². The molecule has 1 atom stereocenters. The summed E-state index contributed by atoms with van der Waals surface area (Å²) in [5, 5.41) is 5.41. The lowest BCUT2D eigenvalue weighted by Crippen LogP contribution is -2.42. The molecule has 0 spiro atoms. The monoisotopic (exact) mass is 473 g/mol. The highest BCUT2D eigenvalue weighted by Gasteiger charge is 2.49. The summed E-state index contributed by atoms with van der Waals surface area (Å²) < 4.78 is 12.0. The van der Waals surface area contributed by atoms with Crippen molar-refractivity contribution >= 4 is 39.5 Å². The first-order valence-corrected chi connectivity index (χ1v) is 10.2. The third kappa shape index (κ3) is 3.60. The lowest BCUT2D eigenvalue weighted by molar-refractivity contribution is -0.133. The van der Waals surface area contributed by atoms with Crippen molar-refractivity contribution in [1.82, 2.24) is 10.2 Å². The summed E-state index contributed by atoms with van der Waals surface area (Å²) in [6, 6.07) is 9.82. The predicted molar refractivity (Wildman–Crippen MR) is 113 cm³/mol. The molecule has 4 rings (SSSR count). The summed E-state index contributed by atoms with van der Waals surface area (Å²) in [5.74, 6) is 0.133. The largest absolute Gasteiger partial charge is 0.486 e. The summed E-state index contributed by atoms with van der Waals surface area (Å²) in [6.07, 6.45) is 0. The van der Waals surface area contributed by atoms with Crippen LogP contribution in [0, 0.1) is 6.92 Å². The molecule has 1 fully saturated rings. The Kier molecular flexibility index (Phi) is 5.15. The maximum Gasteiger partial charge on any atom is 0.325 e. The van der Waals surface area contributed by atoms with E-state index in [-0.39, 0.29) is 6.54 Å². The van der Waals surface area contributed by atoms with Crippen LogP contribution >= 0.6 is 15.9 Å². The van der Waals surface area contributed by atoms with Crippen molar-refractivity contribution in [3.63, 3.8) is 0 Å². The van der Waals surface area contributed by atoms with Crippen LogP contribution in [0.15, 0.2) is 40.9 Å². The lowest BCUT2D eigenvalue weighted by atomic mass is 9.91. The van der Waals surface area contributed by atoms with Gasteiger partial charge in [0.15, 0.2) is 11.5 Å². The van der Waals surface area contributed by atoms with Crippen molar-refractivity contribution in [2.75, 3.05) is 25.1 Å². The summed E-state index contributed by atoms with van der Waals surface area (Å²) in [4.78, 5) is 39.0. The van der Waals surface area contributed by atoms with E-state index < -0.39 is 23.4 Å². The quantitative estimate of drug-likeness (QED) is 0.665. The zero-order valence-electron chi connectivity index (χ0n) is 16.5. The standard InChI is InChI=1S/C21H20BrN3O5/c1-12-9-14(4-5-15(12)22)23-18(26)11-25-19(27)21(2,24-20(25)28)13-3-6-16-17(10-13)30-8-7-29-16/h3-6,9-10H,7-8,11H2,1-2H3,(H,23,26)(H,24,28)/t21-/m0/s1. The van der Waals surface area contributed by atoms with Gasteiger partial charge in [0.05, 0.1) is 0 Å². The number of urea groups is 1. The fourth-order valence-electron chi connectivity index (χ4n) is 3.46. The molecule has 156 valence electrons. The molecule has 0 aromatic heterocycles. The molecular weight excluding hydrogens is 454 g/mol. The Bertz CT molecular complexity index is 1060. The van der Waals surface area contributed by atoms with Crippen molar-refractivity contribution in [3.05, 3.63) is 52.0 Å². The molecular formula is C21H20BrN3O5. The van der Waals surface area contributed by atoms with Crippen LogP contribution in [0.2, 0.25) is 0 Å². The third-order valence-corrected chi connectivity index (χ3v) is 6.03. The number of fused-ring (bicyclic) bond motifs is 1. The molecule has 2 aromatic rings. The highest BCUT2D eigenvalue weighted by molar-refractivity contribution is 9.10. The van der Waals surface area contributed by atoms with Gasteiger partial charge in [-0.05, 0) is 55.3 Å². The van der Waals surface area contributed by atoms with Gasteiger partial charge in [0.25, 0.3) is 5.91 Å². The number of carbonyl (C=O) groups excluding carboxylic acids is 3. The first kappa shape index (κ1) is 20.2. The molecule has 2 aliphatic heterocycles. The first-order chi connectivity index (χ1) is 14.3. The number of imide groups is 1. The van der Waals surface area contributed by atoms with Crippen LogP contribution in [-0.2, 0) is 15.1 Å². The van der Waals surface area contributed by atoms with Crippen LogP contribution in [0.25, 0.3) is 0 Å². The number of carbonyl (C=O) groups is 3. The Morgan fingerprint density at radius 1 is 1.17 bits per heavy atom. The van der Waals surface area contributed by atoms with E-state index in [9.17, 15) is 14.4 Å². The van der Waals surface area contributed by atoms with Gasteiger partial charge in [0, 0.05) is 10.2 Å². The van der Waals surface area contributed by atoms with Crippen molar-refractivity contribution < 1.29 is 23.9 Å². The van der Waals surface area contributed by atoms with Crippen LogP contribution < -0.4 is 20.1 Å². The van der Waals surface area contributed by atoms with E-state index in [0.29, 0.717) is 36.0 Å². The van der Waals surface area contributed by atoms with E-state index >= 15 is 0 Å². The Hall–Kier alpha value is -3.07. The fraction of sp³-hybridized carbons (Fsp3) is 0.286. The van der Waals surface area contributed by atoms with Gasteiger partial charge in [-0.15, -0.1) is 0 Å². The summed E-state index contributed by atoms with van der Waals surface area (Å²) >= 11 is 3.40. The fourth-order valence-corrected chi connectivity index (χ4v) is 3.70. The average molecular weight is 474 g/mol. The highest BCUT2D eigenvalue weighted by Crippen LogP contribution is 2.36. The van der Waals surface area contributed by atoms with Crippen molar-refractivity contribution in [2.45, 2.75) is 19.4 Å². The van der Waals surface area contributed by atoms with E-state index in [1.807, 2.05) is 13.0 Å². The molecule has 0 saturated carbocycles. The van der Waals surface area contributed by atoms with Crippen LogP contribution in [-0.4, -0.2) is 42.5 Å². The Morgan fingerprint density at radius 2 is 1.90 bits per heavy atom. The van der Waals surface area contributed by atoms with Crippen LogP contribution in [0.3, 0.4) is 0 Å². The first-order valence-electron chi connectivity index (χ1n) is 9.38. The molecule has 0 unspecified atom stereocenters. The van der Waals surface area contributed by atoms with E-state index in [2.05, 4.69) is 26.6 Å². The second-order valence-corrected chi connectivity index (χ2v) is 8.17. The molecule has 0 aliphatic carbocycles. The Labute approximate surface area is 181 Å². The molecule has 1 saturated heterocycles. The van der Waals surface area contributed by atoms with E-state index in [4.69, 9.17) is 9.47 Å². The summed E-state index contributed by atoms with van der Waals surface area (Å²) in [6.45, 7) is 3.99. The molecule has 2 N–H and O–H groups in total. The number of rotatable bonds is 4. The third-order valence-electron chi connectivity index (χ3n) is 5.14. The topological polar surface area (TPSA) is 97.0 Å². The van der Waals surface area contributed by atoms with Gasteiger partial charge < -0.3 is 20.1 Å². The number of ether oxygens (including phenoxy) is 2. The summed E-state index contributed by atoms with van der Waals surface area (Å²) in [7, 11) is 0. The molecule has 9 heteroatoms. The maximum absolute atomic E-state index is 13.1. The van der Waals surface area contributed by atoms with Crippen LogP contribution in [0.5, 0.6) is 11.5 Å². The molecule has 2 heterocycles. The minimum Gasteiger partial charge on any atom is -0.486 e. The number of halogens is 1. The molecule has 0 radical (unpaired) electrons. The van der Waals surface area contributed by atoms with Crippen molar-refractivity contribution in [2.24, 2.45) is 0 Å². The molecule has 2 aliphatic rings. The van der Waals surface area contributed by atoms with Gasteiger partial charge in [-0.3, -0.25) is 14.5 Å². The minimum atomic E-state index is -1.30. The number of anilines is 1. The molecule has 8 nitrogen and oxygen atoms in total.